The summed E-state index contributed by atoms with van der Waals surface area (Å²) in [6.07, 6.45) is -0.0584. The summed E-state index contributed by atoms with van der Waals surface area (Å²) in [6.45, 7) is 12.8. The average molecular weight is 463 g/mol. The van der Waals surface area contributed by atoms with E-state index >= 15 is 0 Å². The first kappa shape index (κ1) is 25.1. The Morgan fingerprint density at radius 2 is 1.81 bits per heavy atom. The molecule has 0 aliphatic carbocycles. The summed E-state index contributed by atoms with van der Waals surface area (Å²) >= 11 is 0.999. The number of nitrogens with zero attached hydrogens (tertiary/aromatic N) is 3. The number of hydrogen-bond acceptors (Lipinski definition) is 6. The van der Waals surface area contributed by atoms with Crippen molar-refractivity contribution in [2.75, 3.05) is 0 Å². The molecule has 0 saturated heterocycles. The topological polar surface area (TPSA) is 129 Å². The van der Waals surface area contributed by atoms with Gasteiger partial charge < -0.3 is 5.11 Å². The van der Waals surface area contributed by atoms with Crippen molar-refractivity contribution in [1.82, 2.24) is 4.98 Å². The molecule has 0 bridgehead atoms. The first-order chi connectivity index (χ1) is 14.2. The minimum atomic E-state index is -3.51. The number of nitriles is 1. The van der Waals surface area contributed by atoms with Gasteiger partial charge in [0.25, 0.3) is 5.91 Å². The number of carbonyl (C=O) groups excluding carboxylic acids is 1. The lowest BCUT2D eigenvalue weighted by molar-refractivity contribution is -0.117. The third kappa shape index (κ3) is 5.77. The van der Waals surface area contributed by atoms with Crippen LogP contribution in [-0.2, 0) is 26.7 Å². The first-order valence-electron chi connectivity index (χ1n) is 10.0. The number of nitrogens with two attached hydrogens (primary N) is 1. The summed E-state index contributed by atoms with van der Waals surface area (Å²) in [4.78, 5) is 17.1. The molecule has 1 atom stereocenters. The van der Waals surface area contributed by atoms with Gasteiger partial charge in [0.05, 0.1) is 23.7 Å². The summed E-state index contributed by atoms with van der Waals surface area (Å²) < 4.78 is 17.2. The molecule has 0 fully saturated rings. The van der Waals surface area contributed by atoms with Gasteiger partial charge in [0.15, 0.2) is 9.92 Å². The van der Waals surface area contributed by atoms with Gasteiger partial charge in [-0.15, -0.1) is 15.7 Å². The third-order valence-corrected chi connectivity index (χ3v) is 8.33. The Labute approximate surface area is 188 Å². The summed E-state index contributed by atoms with van der Waals surface area (Å²) in [5.74, 6) is -0.415. The van der Waals surface area contributed by atoms with Crippen LogP contribution in [0.15, 0.2) is 20.7 Å². The number of amides is 1. The monoisotopic (exact) mass is 462 g/mol. The summed E-state index contributed by atoms with van der Waals surface area (Å²) in [5.41, 5.74) is 2.30. The molecule has 1 aromatic heterocycles. The van der Waals surface area contributed by atoms with Crippen molar-refractivity contribution in [2.45, 2.75) is 76.5 Å². The molecule has 2 rings (SSSR count). The molecule has 2 aromatic rings. The van der Waals surface area contributed by atoms with Gasteiger partial charge in [-0.05, 0) is 61.4 Å². The highest BCUT2D eigenvalue weighted by atomic mass is 32.2. The Kier molecular flexibility index (Phi) is 7.43. The zero-order valence-electron chi connectivity index (χ0n) is 19.0. The molecule has 9 heteroatoms. The Morgan fingerprint density at radius 3 is 2.19 bits per heavy atom. The van der Waals surface area contributed by atoms with Crippen LogP contribution in [0.4, 0.5) is 0 Å². The lowest BCUT2D eigenvalue weighted by atomic mass is 9.85. The molecule has 3 N–H and O–H groups in total. The number of hydrogen-bond donors (Lipinski definition) is 2. The second-order valence-corrected chi connectivity index (χ2v) is 11.7. The number of thiazole rings is 1. The lowest BCUT2D eigenvalue weighted by Gasteiger charge is -2.19. The molecule has 31 heavy (non-hydrogen) atoms. The number of aliphatic hydroxyl groups is 1. The predicted molar refractivity (Wildman–Crippen MR) is 123 cm³/mol. The van der Waals surface area contributed by atoms with Gasteiger partial charge in [0, 0.05) is 0 Å². The molecule has 0 radical (unpaired) electrons. The molecule has 0 aliphatic heterocycles. The van der Waals surface area contributed by atoms with E-state index in [1.54, 1.807) is 32.9 Å². The van der Waals surface area contributed by atoms with E-state index in [2.05, 4.69) is 15.4 Å². The summed E-state index contributed by atoms with van der Waals surface area (Å²) in [6, 6.07) is 5.77. The second kappa shape index (κ2) is 9.17. The van der Waals surface area contributed by atoms with Crippen molar-refractivity contribution in [3.63, 3.8) is 0 Å². The van der Waals surface area contributed by atoms with E-state index in [0.717, 1.165) is 28.0 Å². The summed E-state index contributed by atoms with van der Waals surface area (Å²) in [5, 5.41) is 25.9. The van der Waals surface area contributed by atoms with Crippen LogP contribution >= 0.6 is 11.3 Å². The van der Waals surface area contributed by atoms with Gasteiger partial charge in [-0.1, -0.05) is 27.7 Å². The van der Waals surface area contributed by atoms with Crippen LogP contribution in [-0.4, -0.2) is 20.2 Å². The van der Waals surface area contributed by atoms with E-state index in [0.29, 0.717) is 16.3 Å². The zero-order chi connectivity index (χ0) is 23.7. The summed E-state index contributed by atoms with van der Waals surface area (Å²) in [7, 11) is -3.51. The highest BCUT2D eigenvalue weighted by molar-refractivity contribution is 7.93. The van der Waals surface area contributed by atoms with Gasteiger partial charge in [-0.3, -0.25) is 4.79 Å². The Balaban J connectivity index is 2.53. The molecule has 0 spiro atoms. The van der Waals surface area contributed by atoms with Crippen molar-refractivity contribution in [2.24, 2.45) is 9.50 Å². The molecule has 168 valence electrons. The van der Waals surface area contributed by atoms with Gasteiger partial charge in [-0.25, -0.2) is 14.3 Å². The third-order valence-electron chi connectivity index (χ3n) is 4.80. The molecule has 1 amide bonds. The molecular formula is C22H30N4O3S2. The van der Waals surface area contributed by atoms with Crippen LogP contribution in [0.2, 0.25) is 0 Å². The van der Waals surface area contributed by atoms with Crippen LogP contribution < -0.4 is 5.14 Å². The Morgan fingerprint density at radius 1 is 1.29 bits per heavy atom. The maximum atomic E-state index is 13.1. The standard InChI is InChI=1S/C22H30N4O3S2/c1-12(2)16-8-15(11-23)9-17(13(3)4)18(16)10-19(27)26-31(24,29)20-14(5)25-21(30-20)22(6,7)28/h8-9,12-13,28H,10H2,1-7H3,(H2,24,26,27,29). The van der Waals surface area contributed by atoms with E-state index in [9.17, 15) is 19.4 Å². The van der Waals surface area contributed by atoms with Crippen molar-refractivity contribution in [3.05, 3.63) is 45.1 Å². The maximum Gasteiger partial charge on any atom is 0.259 e. The van der Waals surface area contributed by atoms with Gasteiger partial charge >= 0.3 is 0 Å². The van der Waals surface area contributed by atoms with Crippen LogP contribution in [0.5, 0.6) is 0 Å². The minimum Gasteiger partial charge on any atom is -0.383 e. The molecular weight excluding hydrogens is 432 g/mol. The van der Waals surface area contributed by atoms with Crippen molar-refractivity contribution < 1.29 is 14.1 Å². The number of aryl methyl sites for hydroxylation is 1. The molecule has 1 unspecified atom stereocenters. The fraction of sp³-hybridized carbons (Fsp3) is 0.500. The zero-order valence-corrected chi connectivity index (χ0v) is 20.6. The van der Waals surface area contributed by atoms with Crippen LogP contribution in [0.25, 0.3) is 0 Å². The molecule has 1 aromatic carbocycles. The Bertz CT molecular complexity index is 1130. The van der Waals surface area contributed by atoms with Gasteiger partial charge in [0.2, 0.25) is 0 Å². The fourth-order valence-electron chi connectivity index (χ4n) is 3.31. The average Bonchev–Trinajstić information content (AvgIpc) is 3.04. The number of benzene rings is 1. The maximum absolute atomic E-state index is 13.1. The smallest absolute Gasteiger partial charge is 0.259 e. The quantitative estimate of drug-likeness (QED) is 0.662. The highest BCUT2D eigenvalue weighted by Crippen LogP contribution is 2.32. The van der Waals surface area contributed by atoms with Crippen LogP contribution in [0.1, 0.15) is 86.3 Å². The van der Waals surface area contributed by atoms with E-state index < -0.39 is 21.4 Å². The van der Waals surface area contributed by atoms with Gasteiger partial charge in [0.1, 0.15) is 14.8 Å². The predicted octanol–water partition coefficient (Wildman–Crippen LogP) is 4.27. The molecule has 7 nitrogen and oxygen atoms in total. The first-order valence-corrected chi connectivity index (χ1v) is 12.4. The Hall–Kier alpha value is -2.12. The number of carbonyl (C=O) groups is 1. The fourth-order valence-corrected chi connectivity index (χ4v) is 5.85. The van der Waals surface area contributed by atoms with Crippen molar-refractivity contribution in [1.29, 1.82) is 5.26 Å². The number of rotatable bonds is 6. The normalized spacial score (nSPS) is 13.9. The highest BCUT2D eigenvalue weighted by Gasteiger charge is 2.26. The molecule has 0 saturated carbocycles. The SMILES string of the molecule is Cc1nc(C(C)(C)O)sc1S(N)(=O)=NC(=O)Cc1c(C(C)C)cc(C#N)cc1C(C)C. The van der Waals surface area contributed by atoms with Crippen LogP contribution in [0.3, 0.4) is 0 Å². The number of aromatic nitrogens is 1. The lowest BCUT2D eigenvalue weighted by Crippen LogP contribution is -2.17. The van der Waals surface area contributed by atoms with E-state index in [4.69, 9.17) is 5.14 Å². The van der Waals surface area contributed by atoms with Crippen LogP contribution in [0, 0.1) is 18.3 Å². The van der Waals surface area contributed by atoms with Crippen molar-refractivity contribution >= 4 is 27.2 Å². The van der Waals surface area contributed by atoms with Gasteiger partial charge in [-0.2, -0.15) is 5.26 Å². The molecule has 1 heterocycles. The van der Waals surface area contributed by atoms with E-state index in [-0.39, 0.29) is 22.5 Å². The van der Waals surface area contributed by atoms with E-state index in [1.807, 2.05) is 27.7 Å². The second-order valence-electron chi connectivity index (χ2n) is 8.74. The van der Waals surface area contributed by atoms with E-state index in [1.165, 1.54) is 0 Å². The largest absolute Gasteiger partial charge is 0.383 e. The van der Waals surface area contributed by atoms with Crippen molar-refractivity contribution in [3.8, 4) is 6.07 Å². The molecule has 0 aliphatic rings. The minimum absolute atomic E-state index is 0.0584.